The van der Waals surface area contributed by atoms with Crippen molar-refractivity contribution in [2.75, 3.05) is 25.6 Å². The summed E-state index contributed by atoms with van der Waals surface area (Å²) in [6.07, 6.45) is 0.890. The van der Waals surface area contributed by atoms with E-state index in [9.17, 15) is 0 Å². The van der Waals surface area contributed by atoms with Crippen LogP contribution in [-0.4, -0.2) is 19.8 Å². The van der Waals surface area contributed by atoms with E-state index >= 15 is 0 Å². The highest BCUT2D eigenvalue weighted by atomic mass is 16.5. The summed E-state index contributed by atoms with van der Waals surface area (Å²) in [4.78, 5) is 0. The summed E-state index contributed by atoms with van der Waals surface area (Å²) in [7, 11) is 0. The number of rotatable bonds is 6. The molecule has 0 spiro atoms. The van der Waals surface area contributed by atoms with Crippen molar-refractivity contribution in [2.45, 2.75) is 20.3 Å². The summed E-state index contributed by atoms with van der Waals surface area (Å²) in [5.74, 6) is 0.770. The van der Waals surface area contributed by atoms with Crippen molar-refractivity contribution in [3.63, 3.8) is 0 Å². The van der Waals surface area contributed by atoms with Gasteiger partial charge in [0, 0.05) is 19.6 Å². The third-order valence-electron chi connectivity index (χ3n) is 2.06. The summed E-state index contributed by atoms with van der Waals surface area (Å²) in [5.41, 5.74) is 7.62. The number of hydrogen-bond acceptors (Lipinski definition) is 3. The molecule has 0 atom stereocenters. The van der Waals surface area contributed by atoms with Crippen molar-refractivity contribution < 1.29 is 9.47 Å². The average molecular weight is 209 g/mol. The topological polar surface area (TPSA) is 44.5 Å². The van der Waals surface area contributed by atoms with E-state index in [4.69, 9.17) is 15.2 Å². The number of nitrogens with two attached hydrogens (primary N) is 1. The molecule has 0 amide bonds. The number of hydrogen-bond donors (Lipinski definition) is 1. The maximum Gasteiger partial charge on any atom is 0.142 e. The third-order valence-corrected chi connectivity index (χ3v) is 2.06. The quantitative estimate of drug-likeness (QED) is 0.578. The standard InChI is InChI=1S/C12H19NO2/c1-3-14-7-4-8-15-12-9-10(2)5-6-11(12)13/h5-6,9H,3-4,7-8,13H2,1-2H3. The minimum Gasteiger partial charge on any atom is -0.491 e. The second-order valence-electron chi connectivity index (χ2n) is 3.44. The highest BCUT2D eigenvalue weighted by Crippen LogP contribution is 2.22. The van der Waals surface area contributed by atoms with E-state index in [2.05, 4.69) is 0 Å². The summed E-state index contributed by atoms with van der Waals surface area (Å²) >= 11 is 0. The Balaban J connectivity index is 2.33. The first-order valence-corrected chi connectivity index (χ1v) is 5.30. The zero-order valence-electron chi connectivity index (χ0n) is 9.45. The van der Waals surface area contributed by atoms with Gasteiger partial charge in [0.15, 0.2) is 0 Å². The summed E-state index contributed by atoms with van der Waals surface area (Å²) in [6, 6.07) is 5.80. The van der Waals surface area contributed by atoms with Crippen molar-refractivity contribution in [3.05, 3.63) is 23.8 Å². The maximum absolute atomic E-state index is 5.77. The van der Waals surface area contributed by atoms with Crippen LogP contribution in [0.5, 0.6) is 5.75 Å². The van der Waals surface area contributed by atoms with Gasteiger partial charge in [-0.2, -0.15) is 0 Å². The van der Waals surface area contributed by atoms with Crippen LogP contribution >= 0.6 is 0 Å². The SMILES string of the molecule is CCOCCCOc1cc(C)ccc1N. The predicted octanol–water partition coefficient (Wildman–Crippen LogP) is 2.38. The fourth-order valence-corrected chi connectivity index (χ4v) is 1.25. The molecule has 84 valence electrons. The van der Waals surface area contributed by atoms with Gasteiger partial charge in [-0.1, -0.05) is 6.07 Å². The Morgan fingerprint density at radius 3 is 2.80 bits per heavy atom. The first-order valence-electron chi connectivity index (χ1n) is 5.30. The molecule has 1 rings (SSSR count). The van der Waals surface area contributed by atoms with Crippen LogP contribution in [0.2, 0.25) is 0 Å². The Hall–Kier alpha value is -1.22. The molecule has 0 saturated heterocycles. The largest absolute Gasteiger partial charge is 0.491 e. The molecule has 0 aliphatic rings. The molecule has 0 fully saturated rings. The molecule has 0 saturated carbocycles. The molecule has 0 aliphatic heterocycles. The van der Waals surface area contributed by atoms with E-state index in [-0.39, 0.29) is 0 Å². The van der Waals surface area contributed by atoms with E-state index in [0.717, 1.165) is 30.9 Å². The minimum absolute atomic E-state index is 0.646. The molecule has 1 aromatic carbocycles. The van der Waals surface area contributed by atoms with Crippen LogP contribution in [0.4, 0.5) is 5.69 Å². The number of ether oxygens (including phenoxy) is 2. The van der Waals surface area contributed by atoms with Crippen molar-refractivity contribution in [1.29, 1.82) is 0 Å². The fraction of sp³-hybridized carbons (Fsp3) is 0.500. The highest BCUT2D eigenvalue weighted by molar-refractivity contribution is 5.53. The molecule has 3 nitrogen and oxygen atoms in total. The Morgan fingerprint density at radius 1 is 1.27 bits per heavy atom. The smallest absolute Gasteiger partial charge is 0.142 e. The van der Waals surface area contributed by atoms with E-state index in [1.54, 1.807) is 0 Å². The van der Waals surface area contributed by atoms with Crippen LogP contribution in [0.25, 0.3) is 0 Å². The lowest BCUT2D eigenvalue weighted by molar-refractivity contribution is 0.131. The zero-order chi connectivity index (χ0) is 11.1. The maximum atomic E-state index is 5.77. The summed E-state index contributed by atoms with van der Waals surface area (Å²) in [5, 5.41) is 0. The zero-order valence-corrected chi connectivity index (χ0v) is 9.45. The Bertz CT molecular complexity index is 300. The lowest BCUT2D eigenvalue weighted by atomic mass is 10.2. The summed E-state index contributed by atoms with van der Waals surface area (Å²) < 4.78 is 10.8. The van der Waals surface area contributed by atoms with Crippen molar-refractivity contribution in [1.82, 2.24) is 0 Å². The van der Waals surface area contributed by atoms with E-state index in [1.807, 2.05) is 32.0 Å². The monoisotopic (exact) mass is 209 g/mol. The summed E-state index contributed by atoms with van der Waals surface area (Å²) in [6.45, 7) is 6.15. The predicted molar refractivity (Wildman–Crippen MR) is 62.2 cm³/mol. The molecule has 15 heavy (non-hydrogen) atoms. The minimum atomic E-state index is 0.646. The molecule has 0 heterocycles. The first-order chi connectivity index (χ1) is 7.24. The van der Waals surface area contributed by atoms with Gasteiger partial charge in [-0.25, -0.2) is 0 Å². The lowest BCUT2D eigenvalue weighted by Crippen LogP contribution is -2.04. The molecule has 1 aromatic rings. The molecule has 3 heteroatoms. The highest BCUT2D eigenvalue weighted by Gasteiger charge is 1.99. The van der Waals surface area contributed by atoms with Crippen LogP contribution < -0.4 is 10.5 Å². The molecular weight excluding hydrogens is 190 g/mol. The Kier molecular flexibility index (Phi) is 4.98. The fourth-order valence-electron chi connectivity index (χ4n) is 1.25. The van der Waals surface area contributed by atoms with Crippen molar-refractivity contribution in [2.24, 2.45) is 0 Å². The number of nitrogen functional groups attached to an aromatic ring is 1. The van der Waals surface area contributed by atoms with Crippen LogP contribution in [0.1, 0.15) is 18.9 Å². The van der Waals surface area contributed by atoms with Gasteiger partial charge in [-0.3, -0.25) is 0 Å². The Labute approximate surface area is 91.2 Å². The Morgan fingerprint density at radius 2 is 2.07 bits per heavy atom. The van der Waals surface area contributed by atoms with Gasteiger partial charge in [0.05, 0.1) is 12.3 Å². The van der Waals surface area contributed by atoms with Gasteiger partial charge in [0.1, 0.15) is 5.75 Å². The molecule has 0 unspecified atom stereocenters. The van der Waals surface area contributed by atoms with Crippen LogP contribution in [0, 0.1) is 6.92 Å². The second-order valence-corrected chi connectivity index (χ2v) is 3.44. The molecule has 0 aliphatic carbocycles. The van der Waals surface area contributed by atoms with Gasteiger partial charge in [0.25, 0.3) is 0 Å². The van der Waals surface area contributed by atoms with E-state index in [0.29, 0.717) is 12.3 Å². The lowest BCUT2D eigenvalue weighted by Gasteiger charge is -2.09. The average Bonchev–Trinajstić information content (AvgIpc) is 2.23. The van der Waals surface area contributed by atoms with E-state index < -0.39 is 0 Å². The van der Waals surface area contributed by atoms with E-state index in [1.165, 1.54) is 0 Å². The second kappa shape index (κ2) is 6.30. The van der Waals surface area contributed by atoms with Crippen LogP contribution in [0.3, 0.4) is 0 Å². The van der Waals surface area contributed by atoms with Crippen molar-refractivity contribution >= 4 is 5.69 Å². The van der Waals surface area contributed by atoms with Gasteiger partial charge < -0.3 is 15.2 Å². The molecule has 2 N–H and O–H groups in total. The number of anilines is 1. The molecule has 0 bridgehead atoms. The van der Waals surface area contributed by atoms with Gasteiger partial charge in [-0.05, 0) is 31.5 Å². The normalized spacial score (nSPS) is 10.3. The molecule has 0 radical (unpaired) electrons. The first kappa shape index (κ1) is 11.9. The molecule has 0 aromatic heterocycles. The van der Waals surface area contributed by atoms with Crippen LogP contribution in [0.15, 0.2) is 18.2 Å². The van der Waals surface area contributed by atoms with Gasteiger partial charge >= 0.3 is 0 Å². The molecular formula is C12H19NO2. The van der Waals surface area contributed by atoms with Gasteiger partial charge in [-0.15, -0.1) is 0 Å². The van der Waals surface area contributed by atoms with Crippen LogP contribution in [-0.2, 0) is 4.74 Å². The number of benzene rings is 1. The van der Waals surface area contributed by atoms with Crippen molar-refractivity contribution in [3.8, 4) is 5.75 Å². The third kappa shape index (κ3) is 4.21. The van der Waals surface area contributed by atoms with Gasteiger partial charge in [0.2, 0.25) is 0 Å². The number of aryl methyl sites for hydroxylation is 1.